The Kier molecular flexibility index (Phi) is 16.7. The number of thioether (sulfide) groups is 2. The Balaban J connectivity index is 0.000000320. The van der Waals surface area contributed by atoms with E-state index in [0.717, 1.165) is 32.5 Å². The van der Waals surface area contributed by atoms with Gasteiger partial charge in [0.1, 0.15) is 73.0 Å². The molecule has 4 amide bonds. The van der Waals surface area contributed by atoms with Crippen molar-refractivity contribution in [2.24, 2.45) is 10.3 Å². The molecular formula is C32H35N10NaO14S4. The molecule has 2 aromatic rings. The van der Waals surface area contributed by atoms with Crippen molar-refractivity contribution in [1.29, 1.82) is 0 Å². The number of nitrogens with two attached hydrogens (primary N) is 2. The molecule has 4 atom stereocenters. The summed E-state index contributed by atoms with van der Waals surface area (Å²) in [4.78, 5) is 116. The largest absolute Gasteiger partial charge is 1.00 e. The molecule has 2 aromatic heterocycles. The second-order valence-corrected chi connectivity index (χ2v) is 16.2. The first-order valence-corrected chi connectivity index (χ1v) is 20.7. The fourth-order valence-corrected chi connectivity index (χ4v) is 9.52. The Morgan fingerprint density at radius 2 is 1.11 bits per heavy atom. The Bertz CT molecular complexity index is 2110. The summed E-state index contributed by atoms with van der Waals surface area (Å²) in [6.07, 6.45) is 0. The number of esters is 2. The Morgan fingerprint density at radius 3 is 1.39 bits per heavy atom. The van der Waals surface area contributed by atoms with Gasteiger partial charge in [0.05, 0.1) is 0 Å². The standard InChI is InChI=1S/2C16H17N5O7S2.Na.H/c2*1-6(22)28-3-7-4-29-14-10(13(24)21(14)11(7)15(25)26)19-12(23)9(20-27-2)8-5-30-16(17)18-8;;/h2*5,10,14H,3-4H2,1-2H3,(H2,17,18)(H,19,23)(H,25,26);;/q;;+1;-1/b2*20-9+;;/t2*10-,14-;;/m11../s1. The van der Waals surface area contributed by atoms with Crippen LogP contribution in [0.3, 0.4) is 0 Å². The third-order valence-corrected chi connectivity index (χ3v) is 12.3. The van der Waals surface area contributed by atoms with Crippen molar-refractivity contribution >= 4 is 115 Å². The number of oxime groups is 2. The van der Waals surface area contributed by atoms with Gasteiger partial charge in [0.2, 0.25) is 0 Å². The molecule has 0 aliphatic carbocycles. The SMILES string of the molecule is CO/N=C(/C(=O)N[C@@H]1C(=O)N2C(C(=O)O)=C(COC(C)=O)CS[C@H]12)c1csc(N)n1.CO/N=C(/C(=O)N[C@@H]1C(=O)N2C(C(=O)O)=C(COC(C)=O)CS[C@H]12)c1csc(N)n1.[H-].[Na+]. The van der Waals surface area contributed by atoms with Crippen LogP contribution in [-0.4, -0.2) is 151 Å². The number of nitrogens with one attached hydrogen (secondary N) is 2. The molecule has 4 aliphatic rings. The van der Waals surface area contributed by atoms with Crippen molar-refractivity contribution in [3.8, 4) is 0 Å². The number of hydrogen-bond acceptors (Lipinski definition) is 22. The second kappa shape index (κ2) is 21.0. The average Bonchev–Trinajstić information content (AvgIpc) is 3.84. The smallest absolute Gasteiger partial charge is 1.00 e. The Labute approximate surface area is 384 Å². The van der Waals surface area contributed by atoms with Crippen LogP contribution in [0.1, 0.15) is 26.7 Å². The molecule has 29 heteroatoms. The fraction of sp³-hybridized carbons (Fsp3) is 0.375. The zero-order chi connectivity index (χ0) is 44.0. The summed E-state index contributed by atoms with van der Waals surface area (Å²) in [6.45, 7) is 1.95. The van der Waals surface area contributed by atoms with Crippen LogP contribution in [0.15, 0.2) is 43.6 Å². The van der Waals surface area contributed by atoms with Crippen LogP contribution in [0.25, 0.3) is 0 Å². The summed E-state index contributed by atoms with van der Waals surface area (Å²) >= 11 is 4.71. The number of carboxylic acids is 2. The van der Waals surface area contributed by atoms with Crippen LogP contribution in [0.2, 0.25) is 0 Å². The van der Waals surface area contributed by atoms with Gasteiger partial charge >= 0.3 is 53.4 Å². The van der Waals surface area contributed by atoms with Crippen molar-refractivity contribution in [2.45, 2.75) is 36.7 Å². The molecule has 61 heavy (non-hydrogen) atoms. The van der Waals surface area contributed by atoms with E-state index in [4.69, 9.17) is 20.9 Å². The minimum absolute atomic E-state index is 0. The van der Waals surface area contributed by atoms with Crippen molar-refractivity contribution in [3.05, 3.63) is 44.7 Å². The van der Waals surface area contributed by atoms with E-state index in [-0.39, 0.29) is 100 Å². The van der Waals surface area contributed by atoms with Crippen molar-refractivity contribution in [3.63, 3.8) is 0 Å². The van der Waals surface area contributed by atoms with E-state index in [1.165, 1.54) is 62.4 Å². The molecule has 0 unspecified atom stereocenters. The number of anilines is 2. The predicted molar refractivity (Wildman–Crippen MR) is 214 cm³/mol. The molecule has 6 heterocycles. The molecule has 2 fully saturated rings. The van der Waals surface area contributed by atoms with Gasteiger partial charge < -0.3 is 52.9 Å². The minimum atomic E-state index is -1.32. The zero-order valence-corrected chi connectivity index (χ0v) is 37.8. The number of nitrogens with zero attached hydrogens (tertiary/aromatic N) is 6. The third kappa shape index (κ3) is 10.8. The van der Waals surface area contributed by atoms with Gasteiger partial charge in [-0.05, 0) is 0 Å². The number of rotatable bonds is 14. The Morgan fingerprint density at radius 1 is 0.754 bits per heavy atom. The van der Waals surface area contributed by atoms with Gasteiger partial charge in [-0.15, -0.1) is 46.2 Å². The number of hydrogen-bond donors (Lipinski definition) is 6. The zero-order valence-electron chi connectivity index (χ0n) is 33.6. The summed E-state index contributed by atoms with van der Waals surface area (Å²) in [5.74, 6) is -5.96. The summed E-state index contributed by atoms with van der Waals surface area (Å²) in [7, 11) is 2.51. The van der Waals surface area contributed by atoms with Gasteiger partial charge in [-0.25, -0.2) is 19.6 Å². The first-order valence-electron chi connectivity index (χ1n) is 16.8. The molecule has 0 saturated carbocycles. The van der Waals surface area contributed by atoms with Crippen molar-refractivity contribution in [1.82, 2.24) is 30.4 Å². The van der Waals surface area contributed by atoms with E-state index in [1.54, 1.807) is 0 Å². The van der Waals surface area contributed by atoms with E-state index in [9.17, 15) is 48.6 Å². The molecule has 0 radical (unpaired) electrons. The number of carbonyl (C=O) groups is 8. The van der Waals surface area contributed by atoms with Gasteiger partial charge in [0.15, 0.2) is 21.7 Å². The fourth-order valence-electron chi connectivity index (χ4n) is 5.77. The molecular weight excluding hydrogens is 900 g/mol. The van der Waals surface area contributed by atoms with E-state index in [2.05, 4.69) is 40.6 Å². The molecule has 4 aliphatic heterocycles. The number of amides is 4. The van der Waals surface area contributed by atoms with E-state index < -0.39 is 70.3 Å². The minimum Gasteiger partial charge on any atom is -1.00 e. The van der Waals surface area contributed by atoms with Crippen LogP contribution in [0.4, 0.5) is 10.3 Å². The number of aromatic nitrogens is 2. The first-order chi connectivity index (χ1) is 28.5. The van der Waals surface area contributed by atoms with E-state index in [1.807, 2.05) is 0 Å². The van der Waals surface area contributed by atoms with Crippen LogP contribution >= 0.6 is 46.2 Å². The van der Waals surface area contributed by atoms with E-state index >= 15 is 0 Å². The maximum Gasteiger partial charge on any atom is 1.00 e. The number of ether oxygens (including phenoxy) is 2. The van der Waals surface area contributed by atoms with E-state index in [0.29, 0.717) is 11.1 Å². The van der Waals surface area contributed by atoms with Gasteiger partial charge in [-0.1, -0.05) is 10.3 Å². The Hall–Kier alpha value is -5.26. The van der Waals surface area contributed by atoms with Crippen molar-refractivity contribution < 1.29 is 98.7 Å². The monoisotopic (exact) mass is 934 g/mol. The van der Waals surface area contributed by atoms with Crippen LogP contribution in [-0.2, 0) is 57.5 Å². The maximum absolute atomic E-state index is 12.7. The second-order valence-electron chi connectivity index (χ2n) is 12.2. The van der Waals surface area contributed by atoms with Crippen LogP contribution < -0.4 is 51.7 Å². The third-order valence-electron chi connectivity index (χ3n) is 8.30. The topological polar surface area (TPSA) is 347 Å². The molecule has 0 bridgehead atoms. The molecule has 24 nitrogen and oxygen atoms in total. The van der Waals surface area contributed by atoms with Gasteiger partial charge in [-0.3, -0.25) is 38.6 Å². The molecule has 0 spiro atoms. The predicted octanol–water partition coefficient (Wildman–Crippen LogP) is -4.13. The van der Waals surface area contributed by atoms with Gasteiger partial charge in [0.25, 0.3) is 23.6 Å². The number of thiazole rings is 2. The molecule has 6 rings (SSSR count). The molecule has 322 valence electrons. The summed E-state index contributed by atoms with van der Waals surface area (Å²) in [5.41, 5.74) is 11.3. The normalized spacial score (nSPS) is 20.6. The number of carboxylic acid groups (broad SMARTS) is 2. The molecule has 0 aromatic carbocycles. The number of fused-ring (bicyclic) bond motifs is 2. The number of aliphatic carboxylic acids is 2. The van der Waals surface area contributed by atoms with Gasteiger partial charge in [-0.2, -0.15) is 0 Å². The van der Waals surface area contributed by atoms with Gasteiger partial charge in [0, 0.05) is 47.3 Å². The van der Waals surface area contributed by atoms with Crippen LogP contribution in [0, 0.1) is 0 Å². The number of nitrogen functional groups attached to an aromatic ring is 2. The summed E-state index contributed by atoms with van der Waals surface area (Å²) in [5, 5.41) is 33.7. The average molecular weight is 935 g/mol. The molecule has 2 saturated heterocycles. The summed E-state index contributed by atoms with van der Waals surface area (Å²) in [6, 6.07) is -1.93. The first kappa shape index (κ1) is 48.4. The molecule has 8 N–H and O–H groups in total. The summed E-state index contributed by atoms with van der Waals surface area (Å²) < 4.78 is 9.76. The quantitative estimate of drug-likeness (QED) is 0.0344. The number of β-lactam (4-membered cyclic amide) rings is 2. The maximum atomic E-state index is 12.7. The van der Waals surface area contributed by atoms with Crippen LogP contribution in [0.5, 0.6) is 0 Å². The van der Waals surface area contributed by atoms with Crippen molar-refractivity contribution in [2.75, 3.05) is 50.4 Å². The number of carbonyl (C=O) groups excluding carboxylic acids is 6.